The molecule has 114 heavy (non-hydrogen) atoms. The van der Waals surface area contributed by atoms with Gasteiger partial charge in [0, 0.05) is 175 Å². The number of benzene rings is 6. The molecule has 0 fully saturated rings. The number of carbonyl (C=O) groups is 3. The molecule has 0 aliphatic heterocycles. The van der Waals surface area contributed by atoms with Gasteiger partial charge in [-0.05, 0) is 183 Å². The van der Waals surface area contributed by atoms with Crippen LogP contribution >= 0.6 is 34.0 Å². The second-order valence-electron chi connectivity index (χ2n) is 26.9. The summed E-state index contributed by atoms with van der Waals surface area (Å²) in [5, 5.41) is 34.7. The van der Waals surface area contributed by atoms with Gasteiger partial charge in [-0.25, -0.2) is 15.0 Å². The maximum Gasteiger partial charge on any atom is 0.216 e. The standard InChI is InChI=1S/C27H19N2OS.C26H17N2OS.C25H15N2OS.3C5H8O2.3Ir/c1-15-6-4-7-16(2)25(15)24-12-18-14-28-22(13-23(18)31-24)21-9-5-8-19-20-11-10-17(3)29-27(20)30-26(19)21;1-15-6-9-17(10-7-15)23-12-18-14-27-22(13-24(18)30-23)21-5-3-4-19-20-11-8-16(2)28-26(20)29-25(19)21;1-15-10-11-19-18-8-5-9-20(24(18)28-25(19)27-15)21-13-23-17(14-26-21)12-22(29-23)16-6-3-2-4-7-16;3*1-4(6)3-5(2)7;;;/h4-8,10-14H,1-3H3;3-4,6-14H,1-2H3;2-8,10-14H,1H3;3*3,6H,1-2H3;;;/q3*-1;;;;;;. The van der Waals surface area contributed by atoms with Crippen LogP contribution in [0.4, 0.5) is 0 Å². The van der Waals surface area contributed by atoms with Crippen molar-refractivity contribution >= 4 is 148 Å². The number of hydrogen-bond donors (Lipinski definition) is 3. The van der Waals surface area contributed by atoms with Gasteiger partial charge in [0.15, 0.2) is 17.3 Å². The molecule has 579 valence electrons. The summed E-state index contributed by atoms with van der Waals surface area (Å²) < 4.78 is 22.0. The summed E-state index contributed by atoms with van der Waals surface area (Å²) in [4.78, 5) is 61.7. The number of allylic oxidation sites excluding steroid dienone is 6. The number of carbonyl (C=O) groups excluding carboxylic acids is 3. The summed E-state index contributed by atoms with van der Waals surface area (Å²) in [6.45, 7) is 20.9. The SMILES string of the molecule is CC(=O)C=C(C)O.CC(=O)C=C(C)O.CC(=O)C=C(C)O.Cc1ccc(-c2cc3cnc(-c4[c-]ccc5c4oc4nc(C)ccc45)cc3s2)cc1.Cc1ccc2c(n1)oc1c(-c3cc4sc(-c5c(C)cccc5C)cc4cn3)[c-]ccc12.Cc1ccc2c(n1)oc1c(-c3cc4sc(-c5ccccc5)cc4cn3)[c-]ccc12.[Ir].[Ir].[Ir]. The maximum atomic E-state index is 10.0. The number of ketones is 3. The van der Waals surface area contributed by atoms with Gasteiger partial charge in [0.05, 0.1) is 34.0 Å². The minimum absolute atomic E-state index is 0. The number of furan rings is 3. The summed E-state index contributed by atoms with van der Waals surface area (Å²) in [7, 11) is 0. The minimum Gasteiger partial charge on any atom is -0.512 e. The summed E-state index contributed by atoms with van der Waals surface area (Å²) in [5.41, 5.74) is 20.0. The van der Waals surface area contributed by atoms with Crippen LogP contribution in [0.25, 0.3) is 162 Å². The largest absolute Gasteiger partial charge is 0.512 e. The van der Waals surface area contributed by atoms with Gasteiger partial charge in [-0.3, -0.25) is 14.4 Å². The molecular weight excluding hydrogens is 2020 g/mol. The predicted molar refractivity (Wildman–Crippen MR) is 453 cm³/mol. The quantitative estimate of drug-likeness (QED) is 0.0693. The van der Waals surface area contributed by atoms with Crippen molar-refractivity contribution in [2.45, 2.75) is 83.1 Å². The molecule has 0 saturated carbocycles. The van der Waals surface area contributed by atoms with E-state index in [9.17, 15) is 14.4 Å². The second-order valence-corrected chi connectivity index (χ2v) is 30.1. The Hall–Kier alpha value is -10.9. The number of rotatable bonds is 9. The number of thiophene rings is 3. The van der Waals surface area contributed by atoms with E-state index in [4.69, 9.17) is 43.5 Å². The molecule has 0 unspecified atom stereocenters. The molecule has 0 saturated heterocycles. The number of aliphatic hydroxyl groups excluding tert-OH is 3. The third kappa shape index (κ3) is 20.0. The number of aryl methyl sites for hydroxylation is 6. The first kappa shape index (κ1) is 85.5. The van der Waals surface area contributed by atoms with E-state index in [1.165, 1.54) is 122 Å². The Morgan fingerprint density at radius 3 is 1.02 bits per heavy atom. The van der Waals surface area contributed by atoms with Gasteiger partial charge in [-0.2, -0.15) is 0 Å². The van der Waals surface area contributed by atoms with Crippen LogP contribution in [0.15, 0.2) is 249 Å². The molecular formula is C93H75Ir3N6O9S3-3. The summed E-state index contributed by atoms with van der Waals surface area (Å²) >= 11 is 5.36. The van der Waals surface area contributed by atoms with Gasteiger partial charge >= 0.3 is 0 Å². The van der Waals surface area contributed by atoms with Crippen molar-refractivity contribution in [2.75, 3.05) is 0 Å². The van der Waals surface area contributed by atoms with E-state index in [-0.39, 0.29) is 94.9 Å². The van der Waals surface area contributed by atoms with Crippen LogP contribution in [0.1, 0.15) is 75.3 Å². The van der Waals surface area contributed by atoms with Crippen LogP contribution < -0.4 is 0 Å². The first-order chi connectivity index (χ1) is 53.4. The third-order valence-corrected chi connectivity index (χ3v) is 21.1. The zero-order valence-corrected chi connectivity index (χ0v) is 73.6. The molecule has 12 heterocycles. The molecule has 0 aliphatic rings. The Labute approximate surface area is 711 Å². The fraction of sp³-hybridized carbons (Fsp3) is 0.129. The van der Waals surface area contributed by atoms with Crippen molar-refractivity contribution in [2.24, 2.45) is 0 Å². The van der Waals surface area contributed by atoms with Crippen LogP contribution in [0, 0.1) is 59.7 Å². The number of hydrogen-bond acceptors (Lipinski definition) is 18. The van der Waals surface area contributed by atoms with E-state index < -0.39 is 0 Å². The van der Waals surface area contributed by atoms with Gasteiger partial charge in [-0.15, -0.1) is 88.6 Å². The molecule has 18 rings (SSSR count). The number of fused-ring (bicyclic) bond motifs is 12. The Morgan fingerprint density at radius 2 is 0.693 bits per heavy atom. The number of aromatic nitrogens is 6. The van der Waals surface area contributed by atoms with Crippen molar-refractivity contribution in [1.29, 1.82) is 0 Å². The molecule has 0 amide bonds. The second kappa shape index (κ2) is 37.8. The molecule has 0 bridgehead atoms. The molecule has 0 aliphatic carbocycles. The van der Waals surface area contributed by atoms with E-state index in [1.807, 2.05) is 100 Å². The fourth-order valence-electron chi connectivity index (χ4n) is 12.7. The first-order valence-corrected chi connectivity index (χ1v) is 38.0. The molecule has 6 aromatic carbocycles. The Balaban J connectivity index is 0.000000159. The van der Waals surface area contributed by atoms with Crippen molar-refractivity contribution in [1.82, 2.24) is 29.9 Å². The fourth-order valence-corrected chi connectivity index (χ4v) is 16.1. The van der Waals surface area contributed by atoms with Gasteiger partial charge in [0.25, 0.3) is 0 Å². The normalized spacial score (nSPS) is 11.3. The Bertz CT molecular complexity index is 6590. The maximum absolute atomic E-state index is 10.0. The summed E-state index contributed by atoms with van der Waals surface area (Å²) in [6.07, 6.45) is 9.33. The molecule has 18 aromatic rings. The van der Waals surface area contributed by atoms with Crippen LogP contribution in [0.5, 0.6) is 0 Å². The number of nitrogens with zero attached hydrogens (tertiary/aromatic N) is 6. The first-order valence-electron chi connectivity index (χ1n) is 35.5. The molecule has 3 N–H and O–H groups in total. The number of aliphatic hydroxyl groups is 3. The zero-order chi connectivity index (χ0) is 78.3. The molecule has 0 atom stereocenters. The smallest absolute Gasteiger partial charge is 0.216 e. The Morgan fingerprint density at radius 1 is 0.368 bits per heavy atom. The monoisotopic (exact) mass is 2090 g/mol. The van der Waals surface area contributed by atoms with E-state index in [0.717, 1.165) is 116 Å². The van der Waals surface area contributed by atoms with E-state index in [0.29, 0.717) is 17.1 Å². The minimum atomic E-state index is -0.125. The van der Waals surface area contributed by atoms with E-state index in [2.05, 4.69) is 175 Å². The average Bonchev–Trinajstić information content (AvgIpc) is 1.61. The molecule has 21 heteroatoms. The van der Waals surface area contributed by atoms with Gasteiger partial charge in [0.2, 0.25) is 17.1 Å². The Kier molecular flexibility index (Phi) is 28.4. The van der Waals surface area contributed by atoms with Crippen LogP contribution in [-0.2, 0) is 74.7 Å². The molecule has 0 spiro atoms. The average molecular weight is 2090 g/mol. The topological polar surface area (TPSA) is 229 Å². The van der Waals surface area contributed by atoms with E-state index >= 15 is 0 Å². The van der Waals surface area contributed by atoms with Crippen LogP contribution in [0.3, 0.4) is 0 Å². The summed E-state index contributed by atoms with van der Waals surface area (Å²) in [5.74, 6) is -0.187. The van der Waals surface area contributed by atoms with Gasteiger partial charge < -0.3 is 43.5 Å². The van der Waals surface area contributed by atoms with Gasteiger partial charge in [-0.1, -0.05) is 129 Å². The van der Waals surface area contributed by atoms with E-state index in [1.54, 1.807) is 34.0 Å². The predicted octanol–water partition coefficient (Wildman–Crippen LogP) is 25.1. The number of pyridine rings is 6. The molecule has 12 aromatic heterocycles. The third-order valence-electron chi connectivity index (χ3n) is 17.6. The van der Waals surface area contributed by atoms with Crippen molar-refractivity contribution in [3.05, 3.63) is 288 Å². The van der Waals surface area contributed by atoms with Crippen molar-refractivity contribution in [3.8, 4) is 65.1 Å². The van der Waals surface area contributed by atoms with Crippen molar-refractivity contribution < 1.29 is 103 Å². The zero-order valence-electron chi connectivity index (χ0n) is 64.0. The molecule has 3 radical (unpaired) electrons. The molecule has 15 nitrogen and oxygen atoms in total. The van der Waals surface area contributed by atoms with Crippen LogP contribution in [0.2, 0.25) is 0 Å². The van der Waals surface area contributed by atoms with Crippen molar-refractivity contribution in [3.63, 3.8) is 0 Å². The summed E-state index contributed by atoms with van der Waals surface area (Å²) in [6, 6.07) is 72.7. The van der Waals surface area contributed by atoms with Crippen LogP contribution in [-0.4, -0.2) is 62.6 Å². The van der Waals surface area contributed by atoms with Gasteiger partial charge in [0.1, 0.15) is 0 Å².